The first-order chi connectivity index (χ1) is 14.8. The van der Waals surface area contributed by atoms with Gasteiger partial charge in [-0.1, -0.05) is 0 Å². The molecule has 2 aromatic rings. The molecule has 1 unspecified atom stereocenters. The maximum atomic E-state index is 13.3. The normalized spacial score (nSPS) is 18.4. The number of halogens is 2. The van der Waals surface area contributed by atoms with Crippen LogP contribution in [0.2, 0.25) is 0 Å². The molecular weight excluding hydrogens is 414 g/mol. The highest BCUT2D eigenvalue weighted by molar-refractivity contribution is 5.90. The van der Waals surface area contributed by atoms with Crippen molar-refractivity contribution in [3.63, 3.8) is 0 Å². The Morgan fingerprint density at radius 2 is 2.19 bits per heavy atom. The molecule has 1 aromatic carbocycles. The van der Waals surface area contributed by atoms with Gasteiger partial charge in [0.05, 0.1) is 17.8 Å². The van der Waals surface area contributed by atoms with Gasteiger partial charge in [-0.3, -0.25) is 4.79 Å². The SMILES string of the molecule is CC(Nc1ccc2c(c1C#N)OCCn1cc(N3C(=O)OC[C@H]3C(F)F)nc1-2)C(N)=O. The Morgan fingerprint density at radius 1 is 1.42 bits per heavy atom. The second kappa shape index (κ2) is 7.75. The molecule has 162 valence electrons. The molecule has 10 nitrogen and oxygen atoms in total. The van der Waals surface area contributed by atoms with E-state index in [1.807, 2.05) is 0 Å². The van der Waals surface area contributed by atoms with Gasteiger partial charge in [0.1, 0.15) is 48.5 Å². The Hall–Kier alpha value is -3.88. The van der Waals surface area contributed by atoms with Gasteiger partial charge in [0.2, 0.25) is 5.91 Å². The molecule has 2 aliphatic heterocycles. The second-order valence-electron chi connectivity index (χ2n) is 7.06. The molecule has 12 heteroatoms. The van der Waals surface area contributed by atoms with Crippen molar-refractivity contribution in [1.29, 1.82) is 5.26 Å². The number of rotatable bonds is 5. The van der Waals surface area contributed by atoms with Crippen molar-refractivity contribution < 1.29 is 27.8 Å². The lowest BCUT2D eigenvalue weighted by molar-refractivity contribution is -0.118. The number of primary amides is 1. The van der Waals surface area contributed by atoms with Crippen LogP contribution in [0.4, 0.5) is 25.1 Å². The molecule has 1 fully saturated rings. The molecule has 2 atom stereocenters. The van der Waals surface area contributed by atoms with Crippen LogP contribution in [-0.2, 0) is 16.1 Å². The summed E-state index contributed by atoms with van der Waals surface area (Å²) >= 11 is 0. The minimum absolute atomic E-state index is 0.0266. The number of nitriles is 1. The third-order valence-corrected chi connectivity index (χ3v) is 5.10. The third-order valence-electron chi connectivity index (χ3n) is 5.10. The van der Waals surface area contributed by atoms with E-state index >= 15 is 0 Å². The molecule has 2 amide bonds. The Balaban J connectivity index is 1.77. The number of ether oxygens (including phenoxy) is 2. The number of carbonyl (C=O) groups excluding carboxylic acids is 2. The van der Waals surface area contributed by atoms with Crippen LogP contribution in [0.25, 0.3) is 11.4 Å². The lowest BCUT2D eigenvalue weighted by Gasteiger charge is -2.18. The van der Waals surface area contributed by atoms with Crippen LogP contribution in [0.1, 0.15) is 12.5 Å². The smallest absolute Gasteiger partial charge is 0.416 e. The lowest BCUT2D eigenvalue weighted by atomic mass is 10.1. The number of cyclic esters (lactones) is 1. The van der Waals surface area contributed by atoms with E-state index < -0.39 is 37.1 Å². The fraction of sp³-hybridized carbons (Fsp3) is 0.368. The highest BCUT2D eigenvalue weighted by atomic mass is 19.3. The molecule has 0 saturated carbocycles. The fourth-order valence-electron chi connectivity index (χ4n) is 3.48. The maximum Gasteiger partial charge on any atom is 0.416 e. The summed E-state index contributed by atoms with van der Waals surface area (Å²) < 4.78 is 38.9. The first kappa shape index (κ1) is 20.4. The van der Waals surface area contributed by atoms with Gasteiger partial charge < -0.3 is 25.1 Å². The number of nitrogens with zero attached hydrogens (tertiary/aromatic N) is 4. The Kier molecular flexibility index (Phi) is 5.10. The number of nitrogens with two attached hydrogens (primary N) is 1. The van der Waals surface area contributed by atoms with E-state index in [0.29, 0.717) is 23.6 Å². The number of amides is 2. The van der Waals surface area contributed by atoms with E-state index in [-0.39, 0.29) is 23.7 Å². The van der Waals surface area contributed by atoms with Gasteiger partial charge >= 0.3 is 6.09 Å². The minimum Gasteiger partial charge on any atom is -0.489 e. The lowest BCUT2D eigenvalue weighted by Crippen LogP contribution is -2.38. The Morgan fingerprint density at radius 3 is 2.87 bits per heavy atom. The molecule has 2 aliphatic rings. The predicted molar refractivity (Wildman–Crippen MR) is 104 cm³/mol. The minimum atomic E-state index is -2.80. The average molecular weight is 432 g/mol. The molecule has 31 heavy (non-hydrogen) atoms. The number of hydrogen-bond acceptors (Lipinski definition) is 7. The van der Waals surface area contributed by atoms with Crippen LogP contribution in [0.3, 0.4) is 0 Å². The Bertz CT molecular complexity index is 1100. The molecule has 0 bridgehead atoms. The van der Waals surface area contributed by atoms with Gasteiger partial charge in [0.15, 0.2) is 5.82 Å². The number of imidazole rings is 1. The van der Waals surface area contributed by atoms with Gasteiger partial charge in [-0.05, 0) is 19.1 Å². The van der Waals surface area contributed by atoms with Crippen LogP contribution < -0.4 is 20.7 Å². The highest BCUT2D eigenvalue weighted by Gasteiger charge is 2.42. The van der Waals surface area contributed by atoms with Crippen molar-refractivity contribution in [3.8, 4) is 23.2 Å². The van der Waals surface area contributed by atoms with Crippen LogP contribution in [0, 0.1) is 11.3 Å². The van der Waals surface area contributed by atoms with Crippen molar-refractivity contribution in [1.82, 2.24) is 9.55 Å². The standard InChI is InChI=1S/C19H18F2N6O4/c1-9(17(23)28)24-12-3-2-10-15(11(12)6-22)30-5-4-26-7-14(25-18(10)26)27-13(16(20)21)8-31-19(27)29/h2-3,7,9,13,16,24H,4-5,8H2,1H3,(H2,23,28)/t9?,13-/m0/s1. The highest BCUT2D eigenvalue weighted by Crippen LogP contribution is 2.40. The first-order valence-electron chi connectivity index (χ1n) is 9.39. The van der Waals surface area contributed by atoms with Crippen molar-refractivity contribution in [2.75, 3.05) is 23.4 Å². The topological polar surface area (TPSA) is 136 Å². The van der Waals surface area contributed by atoms with E-state index in [1.54, 1.807) is 23.6 Å². The number of benzene rings is 1. The van der Waals surface area contributed by atoms with E-state index in [2.05, 4.69) is 16.4 Å². The van der Waals surface area contributed by atoms with E-state index in [1.165, 1.54) is 6.20 Å². The van der Waals surface area contributed by atoms with Gasteiger partial charge in [0.25, 0.3) is 6.43 Å². The summed E-state index contributed by atoms with van der Waals surface area (Å²) in [6.45, 7) is 1.61. The molecule has 4 rings (SSSR count). The monoisotopic (exact) mass is 432 g/mol. The summed E-state index contributed by atoms with van der Waals surface area (Å²) in [5, 5.41) is 12.6. The summed E-state index contributed by atoms with van der Waals surface area (Å²) in [7, 11) is 0. The summed E-state index contributed by atoms with van der Waals surface area (Å²) in [6, 6.07) is 3.11. The average Bonchev–Trinajstić information content (AvgIpc) is 3.27. The quantitative estimate of drug-likeness (QED) is 0.734. The zero-order valence-corrected chi connectivity index (χ0v) is 16.3. The summed E-state index contributed by atoms with van der Waals surface area (Å²) in [6.07, 6.45) is -2.22. The molecule has 3 heterocycles. The zero-order chi connectivity index (χ0) is 22.3. The van der Waals surface area contributed by atoms with Crippen molar-refractivity contribution >= 4 is 23.5 Å². The summed E-state index contributed by atoms with van der Waals surface area (Å²) in [5.41, 5.74) is 6.23. The number of fused-ring (bicyclic) bond motifs is 3. The Labute approximate surface area is 175 Å². The molecule has 0 radical (unpaired) electrons. The molecule has 1 saturated heterocycles. The largest absolute Gasteiger partial charge is 0.489 e. The van der Waals surface area contributed by atoms with Gasteiger partial charge in [0, 0.05) is 6.20 Å². The summed E-state index contributed by atoms with van der Waals surface area (Å²) in [4.78, 5) is 28.6. The summed E-state index contributed by atoms with van der Waals surface area (Å²) in [5.74, 6) is 0.0143. The molecule has 0 spiro atoms. The number of hydrogen-bond donors (Lipinski definition) is 2. The number of alkyl halides is 2. The first-order valence-corrected chi connectivity index (χ1v) is 9.39. The maximum absolute atomic E-state index is 13.3. The second-order valence-corrected chi connectivity index (χ2v) is 7.06. The van der Waals surface area contributed by atoms with Crippen molar-refractivity contribution in [2.45, 2.75) is 32.0 Å². The number of aromatic nitrogens is 2. The van der Waals surface area contributed by atoms with Crippen LogP contribution in [0.5, 0.6) is 5.75 Å². The predicted octanol–water partition coefficient (Wildman–Crippen LogP) is 1.69. The molecule has 0 aliphatic carbocycles. The molecule has 1 aromatic heterocycles. The number of anilines is 2. The molecule has 3 N–H and O–H groups in total. The van der Waals surface area contributed by atoms with Gasteiger partial charge in [-0.15, -0.1) is 0 Å². The van der Waals surface area contributed by atoms with E-state index in [0.717, 1.165) is 4.90 Å². The van der Waals surface area contributed by atoms with E-state index in [9.17, 15) is 23.6 Å². The van der Waals surface area contributed by atoms with Gasteiger partial charge in [-0.25, -0.2) is 23.5 Å². The van der Waals surface area contributed by atoms with Crippen molar-refractivity contribution in [2.24, 2.45) is 5.73 Å². The van der Waals surface area contributed by atoms with Crippen molar-refractivity contribution in [3.05, 3.63) is 23.9 Å². The number of nitrogens with one attached hydrogen (secondary N) is 1. The number of carbonyl (C=O) groups is 2. The fourth-order valence-corrected chi connectivity index (χ4v) is 3.48. The molecular formula is C19H18F2N6O4. The van der Waals surface area contributed by atoms with Crippen LogP contribution in [-0.4, -0.2) is 53.3 Å². The zero-order valence-electron chi connectivity index (χ0n) is 16.3. The van der Waals surface area contributed by atoms with Crippen LogP contribution >= 0.6 is 0 Å². The van der Waals surface area contributed by atoms with E-state index in [4.69, 9.17) is 15.2 Å². The third kappa shape index (κ3) is 3.48. The van der Waals surface area contributed by atoms with Gasteiger partial charge in [-0.2, -0.15) is 5.26 Å². The van der Waals surface area contributed by atoms with Crippen LogP contribution in [0.15, 0.2) is 18.3 Å².